The van der Waals surface area contributed by atoms with Crippen LogP contribution in [0.25, 0.3) is 0 Å². The Balaban J connectivity index is 2.25. The summed E-state index contributed by atoms with van der Waals surface area (Å²) in [5, 5.41) is 0. The van der Waals surface area contributed by atoms with Crippen LogP contribution in [-0.4, -0.2) is 36.5 Å². The normalized spacial score (nSPS) is 18.7. The van der Waals surface area contributed by atoms with E-state index in [4.69, 9.17) is 10.5 Å². The molecule has 6 heteroatoms. The zero-order valence-electron chi connectivity index (χ0n) is 11.3. The number of carbonyl (C=O) groups is 2. The van der Waals surface area contributed by atoms with Gasteiger partial charge < -0.3 is 15.4 Å². The van der Waals surface area contributed by atoms with Gasteiger partial charge in [0.15, 0.2) is 0 Å². The van der Waals surface area contributed by atoms with Gasteiger partial charge in [-0.15, -0.1) is 0 Å². The van der Waals surface area contributed by atoms with Gasteiger partial charge >= 0.3 is 5.97 Å². The number of nitrogens with zero attached hydrogens (tertiary/aromatic N) is 1. The Morgan fingerprint density at radius 2 is 2.15 bits per heavy atom. The van der Waals surface area contributed by atoms with E-state index in [0.29, 0.717) is 13.0 Å². The first-order valence-corrected chi connectivity index (χ1v) is 6.48. The molecule has 1 unspecified atom stereocenters. The van der Waals surface area contributed by atoms with E-state index in [9.17, 15) is 14.0 Å². The number of halogens is 1. The molecule has 0 aliphatic carbocycles. The molecule has 1 amide bonds. The number of nitrogens with two attached hydrogens (primary N) is 1. The second-order valence-electron chi connectivity index (χ2n) is 4.77. The maximum atomic E-state index is 13.1. The van der Waals surface area contributed by atoms with Crippen LogP contribution >= 0.6 is 0 Å². The van der Waals surface area contributed by atoms with Crippen molar-refractivity contribution in [2.24, 2.45) is 0 Å². The van der Waals surface area contributed by atoms with Crippen LogP contribution in [0.4, 0.5) is 10.1 Å². The topological polar surface area (TPSA) is 72.6 Å². The molecule has 1 fully saturated rings. The minimum atomic E-state index is -0.576. The van der Waals surface area contributed by atoms with Gasteiger partial charge in [0.2, 0.25) is 0 Å². The number of hydrogen-bond acceptors (Lipinski definition) is 4. The molecule has 1 aromatic rings. The maximum absolute atomic E-state index is 13.1. The molecule has 20 heavy (non-hydrogen) atoms. The van der Waals surface area contributed by atoms with Crippen molar-refractivity contribution in [2.75, 3.05) is 19.4 Å². The Hall–Kier alpha value is -2.11. The highest BCUT2D eigenvalue weighted by atomic mass is 19.1. The summed E-state index contributed by atoms with van der Waals surface area (Å²) in [5.74, 6) is -1.32. The largest absolute Gasteiger partial charge is 0.467 e. The van der Waals surface area contributed by atoms with Gasteiger partial charge in [0.25, 0.3) is 5.91 Å². The molecule has 0 saturated carbocycles. The first-order chi connectivity index (χ1) is 9.54. The minimum absolute atomic E-state index is 0.0810. The summed E-state index contributed by atoms with van der Waals surface area (Å²) in [4.78, 5) is 25.6. The van der Waals surface area contributed by atoms with Gasteiger partial charge in [-0.3, -0.25) is 4.79 Å². The van der Waals surface area contributed by atoms with Crippen LogP contribution in [0.1, 0.15) is 29.6 Å². The maximum Gasteiger partial charge on any atom is 0.328 e. The van der Waals surface area contributed by atoms with Crippen LogP contribution in [-0.2, 0) is 9.53 Å². The first kappa shape index (κ1) is 14.3. The fraction of sp³-hybridized carbons (Fsp3) is 0.429. The number of benzene rings is 1. The van der Waals surface area contributed by atoms with Crippen LogP contribution in [0.2, 0.25) is 0 Å². The van der Waals surface area contributed by atoms with Crippen LogP contribution in [0.15, 0.2) is 18.2 Å². The van der Waals surface area contributed by atoms with Crippen molar-refractivity contribution in [3.63, 3.8) is 0 Å². The standard InChI is InChI=1S/C14H17FN2O3/c1-20-14(19)12-4-2-3-7-17(12)13(18)9-5-6-10(15)11(16)8-9/h5-6,8,12H,2-4,7,16H2,1H3. The molecule has 0 spiro atoms. The van der Waals surface area contributed by atoms with E-state index in [2.05, 4.69) is 0 Å². The molecule has 2 N–H and O–H groups in total. The molecule has 0 bridgehead atoms. The number of ether oxygens (including phenoxy) is 1. The number of likely N-dealkylation sites (tertiary alicyclic amines) is 1. The third-order valence-electron chi connectivity index (χ3n) is 3.48. The highest BCUT2D eigenvalue weighted by Crippen LogP contribution is 2.22. The number of carbonyl (C=O) groups excluding carboxylic acids is 2. The molecule has 0 aromatic heterocycles. The number of methoxy groups -OCH3 is 1. The monoisotopic (exact) mass is 280 g/mol. The van der Waals surface area contributed by atoms with Gasteiger partial charge in [-0.25, -0.2) is 9.18 Å². The summed E-state index contributed by atoms with van der Waals surface area (Å²) >= 11 is 0. The van der Waals surface area contributed by atoms with E-state index < -0.39 is 17.8 Å². The van der Waals surface area contributed by atoms with Gasteiger partial charge in [-0.2, -0.15) is 0 Å². The molecule has 5 nitrogen and oxygen atoms in total. The Kier molecular flexibility index (Phi) is 4.22. The second-order valence-corrected chi connectivity index (χ2v) is 4.77. The summed E-state index contributed by atoms with van der Waals surface area (Å²) in [6, 6.07) is 3.24. The summed E-state index contributed by atoms with van der Waals surface area (Å²) in [7, 11) is 1.30. The van der Waals surface area contributed by atoms with E-state index in [1.165, 1.54) is 24.1 Å². The van der Waals surface area contributed by atoms with E-state index in [-0.39, 0.29) is 17.2 Å². The van der Waals surface area contributed by atoms with Crippen molar-refractivity contribution >= 4 is 17.6 Å². The Labute approximate surface area is 116 Å². The predicted molar refractivity (Wildman–Crippen MR) is 71.5 cm³/mol. The molecule has 2 rings (SSSR count). The number of piperidine rings is 1. The highest BCUT2D eigenvalue weighted by Gasteiger charge is 2.33. The minimum Gasteiger partial charge on any atom is -0.467 e. The lowest BCUT2D eigenvalue weighted by molar-refractivity contribution is -0.147. The van der Waals surface area contributed by atoms with Crippen LogP contribution < -0.4 is 5.73 Å². The van der Waals surface area contributed by atoms with Crippen LogP contribution in [0, 0.1) is 5.82 Å². The van der Waals surface area contributed by atoms with Crippen LogP contribution in [0.3, 0.4) is 0 Å². The number of amides is 1. The zero-order valence-corrected chi connectivity index (χ0v) is 11.3. The Bertz CT molecular complexity index is 533. The quantitative estimate of drug-likeness (QED) is 0.659. The van der Waals surface area contributed by atoms with Crippen molar-refractivity contribution in [3.05, 3.63) is 29.6 Å². The molecule has 1 saturated heterocycles. The lowest BCUT2D eigenvalue weighted by Crippen LogP contribution is -2.48. The number of esters is 1. The summed E-state index contributed by atoms with van der Waals surface area (Å²) in [6.07, 6.45) is 2.28. The third-order valence-corrected chi connectivity index (χ3v) is 3.48. The van der Waals surface area contributed by atoms with Gasteiger partial charge in [0.05, 0.1) is 12.8 Å². The molecule has 0 radical (unpaired) electrons. The lowest BCUT2D eigenvalue weighted by Gasteiger charge is -2.33. The van der Waals surface area contributed by atoms with E-state index >= 15 is 0 Å². The number of anilines is 1. The molecule has 1 aliphatic rings. The summed E-state index contributed by atoms with van der Waals surface area (Å²) in [6.45, 7) is 0.482. The van der Waals surface area contributed by atoms with Gasteiger partial charge in [0, 0.05) is 12.1 Å². The Morgan fingerprint density at radius 3 is 2.80 bits per heavy atom. The lowest BCUT2D eigenvalue weighted by atomic mass is 10.0. The fourth-order valence-corrected chi connectivity index (χ4v) is 2.40. The third kappa shape index (κ3) is 2.74. The van der Waals surface area contributed by atoms with Crippen molar-refractivity contribution in [1.82, 2.24) is 4.90 Å². The number of rotatable bonds is 2. The SMILES string of the molecule is COC(=O)C1CCCCN1C(=O)c1ccc(F)c(N)c1. The zero-order chi connectivity index (χ0) is 14.7. The average molecular weight is 280 g/mol. The highest BCUT2D eigenvalue weighted by molar-refractivity contribution is 5.97. The van der Waals surface area contributed by atoms with E-state index in [1.807, 2.05) is 0 Å². The van der Waals surface area contributed by atoms with E-state index in [1.54, 1.807) is 0 Å². The van der Waals surface area contributed by atoms with Gasteiger partial charge in [-0.05, 0) is 37.5 Å². The smallest absolute Gasteiger partial charge is 0.328 e. The average Bonchev–Trinajstić information content (AvgIpc) is 2.48. The van der Waals surface area contributed by atoms with Gasteiger partial charge in [0.1, 0.15) is 11.9 Å². The molecule has 1 atom stereocenters. The molecular weight excluding hydrogens is 263 g/mol. The van der Waals surface area contributed by atoms with Crippen molar-refractivity contribution in [1.29, 1.82) is 0 Å². The summed E-state index contributed by atoms with van der Waals surface area (Å²) in [5.41, 5.74) is 5.67. The van der Waals surface area contributed by atoms with E-state index in [0.717, 1.165) is 18.9 Å². The fourth-order valence-electron chi connectivity index (χ4n) is 2.40. The Morgan fingerprint density at radius 1 is 1.40 bits per heavy atom. The number of hydrogen-bond donors (Lipinski definition) is 1. The van der Waals surface area contributed by atoms with Gasteiger partial charge in [-0.1, -0.05) is 0 Å². The molecular formula is C14H17FN2O3. The summed E-state index contributed by atoms with van der Waals surface area (Å²) < 4.78 is 17.9. The van der Waals surface area contributed by atoms with Crippen molar-refractivity contribution in [2.45, 2.75) is 25.3 Å². The van der Waals surface area contributed by atoms with Crippen molar-refractivity contribution < 1.29 is 18.7 Å². The van der Waals surface area contributed by atoms with Crippen LogP contribution in [0.5, 0.6) is 0 Å². The first-order valence-electron chi connectivity index (χ1n) is 6.48. The number of nitrogen functional groups attached to an aromatic ring is 1. The molecule has 1 aliphatic heterocycles. The molecule has 1 aromatic carbocycles. The molecule has 108 valence electrons. The predicted octanol–water partition coefficient (Wildman–Crippen LogP) is 1.58. The molecule has 1 heterocycles. The second kappa shape index (κ2) is 5.90. The van der Waals surface area contributed by atoms with Crippen molar-refractivity contribution in [3.8, 4) is 0 Å².